The molecule has 3 nitrogen and oxygen atoms in total. The summed E-state index contributed by atoms with van der Waals surface area (Å²) in [5.41, 5.74) is 17.7. The molecule has 0 aliphatic carbocycles. The average Bonchev–Trinajstić information content (AvgIpc) is 3.10. The molecule has 0 bridgehead atoms. The molecule has 0 amide bonds. The van der Waals surface area contributed by atoms with E-state index >= 15 is 0 Å². The Kier molecular flexibility index (Phi) is 9.42. The second kappa shape index (κ2) is 13.8. The van der Waals surface area contributed by atoms with Crippen molar-refractivity contribution in [3.63, 3.8) is 0 Å². The summed E-state index contributed by atoms with van der Waals surface area (Å²) in [6, 6.07) is 60.7. The lowest BCUT2D eigenvalue weighted by Crippen LogP contribution is -2.53. The summed E-state index contributed by atoms with van der Waals surface area (Å²) in [5.74, 6) is 0. The van der Waals surface area contributed by atoms with Crippen LogP contribution in [0.25, 0.3) is 6.08 Å². The predicted octanol–water partition coefficient (Wildman–Crippen LogP) is 10.5. The smallest absolute Gasteiger partial charge is 0.0985 e. The molecule has 1 atom stereocenters. The van der Waals surface area contributed by atoms with Gasteiger partial charge in [-0.25, -0.2) is 0 Å². The molecule has 6 rings (SSSR count). The number of rotatable bonds is 8. The van der Waals surface area contributed by atoms with E-state index in [4.69, 9.17) is 22.7 Å². The molecule has 1 unspecified atom stereocenters. The molecule has 0 spiro atoms. The van der Waals surface area contributed by atoms with E-state index in [2.05, 4.69) is 164 Å². The van der Waals surface area contributed by atoms with Crippen molar-refractivity contribution in [3.05, 3.63) is 220 Å². The van der Waals surface area contributed by atoms with Crippen LogP contribution in [0, 0.1) is 11.1 Å². The highest BCUT2D eigenvalue weighted by atomic mass is 35.5. The van der Waals surface area contributed by atoms with E-state index < -0.39 is 10.8 Å². The number of benzene rings is 6. The Morgan fingerprint density at radius 2 is 0.773 bits per heavy atom. The molecule has 0 fully saturated rings. The van der Waals surface area contributed by atoms with Crippen LogP contribution in [-0.2, 0) is 10.8 Å². The van der Waals surface area contributed by atoms with Crippen molar-refractivity contribution in [1.29, 1.82) is 11.1 Å². The fraction of sp³-hybridized carbons (Fsp3) is 0.0500. The van der Waals surface area contributed by atoms with Gasteiger partial charge in [-0.3, -0.25) is 0 Å². The van der Waals surface area contributed by atoms with Gasteiger partial charge in [-0.15, -0.1) is 0 Å². The van der Waals surface area contributed by atoms with Gasteiger partial charge in [-0.2, -0.15) is 0 Å². The molecule has 0 aromatic heterocycles. The Morgan fingerprint density at radius 3 is 1.16 bits per heavy atom. The average molecular weight is 591 g/mol. The maximum absolute atomic E-state index is 6.56. The minimum atomic E-state index is -0.742. The lowest BCUT2D eigenvalue weighted by Gasteiger charge is -2.54. The summed E-state index contributed by atoms with van der Waals surface area (Å²) >= 11 is 6.56. The van der Waals surface area contributed by atoms with Crippen LogP contribution in [0.3, 0.4) is 0 Å². The largest absolute Gasteiger partial charge is 0.211 e. The molecule has 0 saturated carbocycles. The number of hydrogen-bond donors (Lipinski definition) is 2. The van der Waals surface area contributed by atoms with Crippen molar-refractivity contribution in [2.75, 3.05) is 0 Å². The maximum atomic E-state index is 6.56. The van der Waals surface area contributed by atoms with Gasteiger partial charge >= 0.3 is 0 Å². The maximum Gasteiger partial charge on any atom is 0.211 e. The van der Waals surface area contributed by atoms with E-state index in [1.807, 2.05) is 23.1 Å². The van der Waals surface area contributed by atoms with Crippen molar-refractivity contribution in [3.8, 4) is 0 Å². The number of halogens is 1. The zero-order chi connectivity index (χ0) is 30.8. The predicted molar refractivity (Wildman–Crippen MR) is 181 cm³/mol. The lowest BCUT2D eigenvalue weighted by molar-refractivity contribution is 0.419. The SMILES string of the molecule is C=Cc1ccccc1C(c1ccccc1)(c1ccc(Cl)cc1)C(c1ccccc1)(c1ccccc1)c1ccccc1.N=[N+]=N. The molecule has 0 aliphatic heterocycles. The molecule has 6 aromatic carbocycles. The van der Waals surface area contributed by atoms with Gasteiger partial charge in [0.2, 0.25) is 4.91 Å². The second-order valence-electron chi connectivity index (χ2n) is 10.4. The van der Waals surface area contributed by atoms with Crippen LogP contribution in [0.2, 0.25) is 5.02 Å². The summed E-state index contributed by atoms with van der Waals surface area (Å²) in [6.45, 7) is 4.29. The van der Waals surface area contributed by atoms with Crippen LogP contribution in [0.5, 0.6) is 0 Å². The van der Waals surface area contributed by atoms with Crippen LogP contribution < -0.4 is 4.91 Å². The molecule has 2 N–H and O–H groups in total. The van der Waals surface area contributed by atoms with Crippen molar-refractivity contribution in [1.82, 2.24) is 4.91 Å². The molecule has 0 saturated heterocycles. The summed E-state index contributed by atoms with van der Waals surface area (Å²) in [7, 11) is 0. The van der Waals surface area contributed by atoms with E-state index in [1.54, 1.807) is 0 Å². The van der Waals surface area contributed by atoms with Crippen LogP contribution in [0.1, 0.15) is 38.9 Å². The first kappa shape index (κ1) is 30.1. The second-order valence-corrected chi connectivity index (χ2v) is 10.8. The summed E-state index contributed by atoms with van der Waals surface area (Å²) < 4.78 is 0. The number of nitrogens with zero attached hydrogens (tertiary/aromatic N) is 1. The third kappa shape index (κ3) is 5.20. The van der Waals surface area contributed by atoms with Gasteiger partial charge in [0.25, 0.3) is 0 Å². The van der Waals surface area contributed by atoms with E-state index in [9.17, 15) is 0 Å². The van der Waals surface area contributed by atoms with E-state index in [1.165, 1.54) is 27.8 Å². The molecule has 4 heteroatoms. The van der Waals surface area contributed by atoms with Crippen LogP contribution in [0.15, 0.2) is 176 Å². The molecular weight excluding hydrogens is 558 g/mol. The van der Waals surface area contributed by atoms with Crippen molar-refractivity contribution in [2.24, 2.45) is 0 Å². The quantitative estimate of drug-likeness (QED) is 0.101. The fourth-order valence-electron chi connectivity index (χ4n) is 6.73. The van der Waals surface area contributed by atoms with Crippen LogP contribution >= 0.6 is 11.6 Å². The number of hydrogen-bond acceptors (Lipinski definition) is 2. The molecule has 214 valence electrons. The first-order chi connectivity index (χ1) is 21.6. The standard InChI is InChI=1S/C40H31Cl.H2N3/c1-2-31-17-15-16-26-38(31)40(35-24-13-6-14-25-35,36-27-29-37(41)30-28-36)39(32-18-7-3-8-19-32,33-20-9-4-10-21-33)34-22-11-5-12-23-34;1-3-2/h2-30H,1H2;1-2H/q;+1. The Labute approximate surface area is 264 Å². The van der Waals surface area contributed by atoms with Crippen molar-refractivity contribution in [2.45, 2.75) is 10.8 Å². The Morgan fingerprint density at radius 1 is 0.455 bits per heavy atom. The van der Waals surface area contributed by atoms with Gasteiger partial charge in [-0.05, 0) is 51.1 Å². The minimum absolute atomic E-state index is 0.703. The summed E-state index contributed by atoms with van der Waals surface area (Å²) in [5, 5.41) is 0.706. The topological polar surface area (TPSA) is 61.8 Å². The van der Waals surface area contributed by atoms with E-state index in [0.717, 1.165) is 11.1 Å². The molecule has 0 heterocycles. The minimum Gasteiger partial charge on any atom is -0.0985 e. The van der Waals surface area contributed by atoms with Crippen molar-refractivity contribution < 1.29 is 0 Å². The molecule has 44 heavy (non-hydrogen) atoms. The highest BCUT2D eigenvalue weighted by Gasteiger charge is 2.58. The van der Waals surface area contributed by atoms with Gasteiger partial charge in [0.1, 0.15) is 11.1 Å². The van der Waals surface area contributed by atoms with E-state index in [-0.39, 0.29) is 0 Å². The lowest BCUT2D eigenvalue weighted by atomic mass is 9.46. The van der Waals surface area contributed by atoms with Gasteiger partial charge < -0.3 is 0 Å². The molecular formula is C40H33ClN3+. The first-order valence-electron chi connectivity index (χ1n) is 14.4. The van der Waals surface area contributed by atoms with Crippen LogP contribution in [0.4, 0.5) is 0 Å². The highest BCUT2D eigenvalue weighted by molar-refractivity contribution is 6.30. The number of nitrogens with one attached hydrogen (secondary N) is 2. The van der Waals surface area contributed by atoms with Crippen molar-refractivity contribution >= 4 is 17.7 Å². The molecule has 0 radical (unpaired) electrons. The molecule has 0 aliphatic rings. The summed E-state index contributed by atoms with van der Waals surface area (Å²) in [6.07, 6.45) is 1.98. The molecule has 6 aromatic rings. The van der Waals surface area contributed by atoms with Gasteiger partial charge in [0.15, 0.2) is 0 Å². The summed E-state index contributed by atoms with van der Waals surface area (Å²) in [4.78, 5) is 2.00. The zero-order valence-electron chi connectivity index (χ0n) is 24.3. The normalized spacial score (nSPS) is 12.1. The Hall–Kier alpha value is -5.34. The third-order valence-electron chi connectivity index (χ3n) is 8.25. The van der Waals surface area contributed by atoms with E-state index in [0.29, 0.717) is 5.02 Å². The Bertz CT molecular complexity index is 1740. The van der Waals surface area contributed by atoms with Crippen LogP contribution in [-0.4, -0.2) is 0 Å². The zero-order valence-corrected chi connectivity index (χ0v) is 25.0. The Balaban J connectivity index is 0.00000123. The van der Waals surface area contributed by atoms with Gasteiger partial charge in [0.05, 0.1) is 10.8 Å². The monoisotopic (exact) mass is 590 g/mol. The van der Waals surface area contributed by atoms with Gasteiger partial charge in [-0.1, -0.05) is 182 Å². The third-order valence-corrected chi connectivity index (χ3v) is 8.50. The highest BCUT2D eigenvalue weighted by Crippen LogP contribution is 2.60. The fourth-order valence-corrected chi connectivity index (χ4v) is 6.86. The first-order valence-corrected chi connectivity index (χ1v) is 14.8. The van der Waals surface area contributed by atoms with Gasteiger partial charge in [0, 0.05) is 5.02 Å².